The van der Waals surface area contributed by atoms with Crippen molar-refractivity contribution in [1.29, 1.82) is 0 Å². The minimum absolute atomic E-state index is 0.0638. The van der Waals surface area contributed by atoms with E-state index in [1.54, 1.807) is 39.0 Å². The van der Waals surface area contributed by atoms with Crippen LogP contribution in [0.4, 0.5) is 5.69 Å². The van der Waals surface area contributed by atoms with E-state index in [0.29, 0.717) is 48.5 Å². The van der Waals surface area contributed by atoms with Crippen LogP contribution in [0.25, 0.3) is 11.1 Å². The quantitative estimate of drug-likeness (QED) is 0.208. The van der Waals surface area contributed by atoms with Crippen LogP contribution in [-0.2, 0) is 33.7 Å². The van der Waals surface area contributed by atoms with Crippen molar-refractivity contribution >= 4 is 34.6 Å². The molecule has 4 aromatic rings. The van der Waals surface area contributed by atoms with Gasteiger partial charge in [-0.15, -0.1) is 0 Å². The zero-order chi connectivity index (χ0) is 33.0. The molecule has 1 aliphatic heterocycles. The van der Waals surface area contributed by atoms with Crippen molar-refractivity contribution < 1.29 is 33.4 Å². The molecule has 0 bridgehead atoms. The number of nitrogens with zero attached hydrogens (tertiary/aromatic N) is 3. The average Bonchev–Trinajstić information content (AvgIpc) is 3.68. The summed E-state index contributed by atoms with van der Waals surface area (Å²) in [6.45, 7) is 5.40. The third kappa shape index (κ3) is 7.42. The lowest BCUT2D eigenvalue weighted by atomic mass is 10.1. The number of amides is 2. The number of fused-ring (bicyclic) bond motifs is 2. The van der Waals surface area contributed by atoms with E-state index in [1.807, 2.05) is 30.3 Å². The molecular weight excluding hydrogens is 594 g/mol. The number of aliphatic hydroxyl groups excluding tert-OH is 1. The first-order valence-electron chi connectivity index (χ1n) is 15.1. The Morgan fingerprint density at radius 3 is 2.57 bits per heavy atom. The number of hydrogen-bond donors (Lipinski definition) is 3. The lowest BCUT2D eigenvalue weighted by molar-refractivity contribution is -0.158. The third-order valence-corrected chi connectivity index (χ3v) is 7.35. The van der Waals surface area contributed by atoms with Gasteiger partial charge in [0.1, 0.15) is 34.8 Å². The lowest BCUT2D eigenvalue weighted by Crippen LogP contribution is -2.46. The number of benzene rings is 2. The van der Waals surface area contributed by atoms with Crippen LogP contribution in [0, 0.1) is 0 Å². The topological polar surface area (TPSA) is 175 Å². The Balaban J connectivity index is 1.41. The second kappa shape index (κ2) is 13.5. The summed E-state index contributed by atoms with van der Waals surface area (Å²) in [5, 5.41) is 16.3. The van der Waals surface area contributed by atoms with Gasteiger partial charge in [-0.25, -0.2) is 14.8 Å². The maximum Gasteiger partial charge on any atom is 0.329 e. The number of nitrogens with one attached hydrogen (secondary N) is 2. The number of esters is 1. The van der Waals surface area contributed by atoms with Gasteiger partial charge in [0.2, 0.25) is 11.8 Å². The summed E-state index contributed by atoms with van der Waals surface area (Å²) in [6, 6.07) is 13.1. The number of aryl methyl sites for hydroxylation is 2. The van der Waals surface area contributed by atoms with Gasteiger partial charge >= 0.3 is 5.97 Å². The van der Waals surface area contributed by atoms with Crippen LogP contribution >= 0.6 is 0 Å². The highest BCUT2D eigenvalue weighted by molar-refractivity contribution is 6.03. The number of aliphatic hydroxyl groups is 1. The molecule has 2 aromatic carbocycles. The van der Waals surface area contributed by atoms with Crippen LogP contribution in [0.5, 0.6) is 5.75 Å². The first kappa shape index (κ1) is 32.4. The van der Waals surface area contributed by atoms with E-state index >= 15 is 0 Å². The summed E-state index contributed by atoms with van der Waals surface area (Å²) < 4.78 is 18.0. The van der Waals surface area contributed by atoms with E-state index in [2.05, 4.69) is 20.6 Å². The van der Waals surface area contributed by atoms with Crippen molar-refractivity contribution in [3.63, 3.8) is 0 Å². The zero-order valence-electron chi connectivity index (χ0n) is 26.2. The number of carbonyl (C=O) groups is 3. The summed E-state index contributed by atoms with van der Waals surface area (Å²) >= 11 is 0. The van der Waals surface area contributed by atoms with E-state index in [4.69, 9.17) is 13.9 Å². The van der Waals surface area contributed by atoms with Gasteiger partial charge in [0.05, 0.1) is 7.11 Å². The summed E-state index contributed by atoms with van der Waals surface area (Å²) in [4.78, 5) is 62.3. The molecule has 3 heterocycles. The summed E-state index contributed by atoms with van der Waals surface area (Å²) in [5.41, 5.74) is -0.408. The second-order valence-corrected chi connectivity index (χ2v) is 12.0. The molecule has 2 aromatic heterocycles. The second-order valence-electron chi connectivity index (χ2n) is 12.0. The molecule has 242 valence electrons. The number of carbonyl (C=O) groups excluding carboxylic acids is 3. The van der Waals surface area contributed by atoms with Gasteiger partial charge < -0.3 is 29.6 Å². The monoisotopic (exact) mass is 631 g/mol. The highest BCUT2D eigenvalue weighted by Crippen LogP contribution is 2.30. The fraction of sp³-hybridized carbons (Fsp3) is 0.394. The summed E-state index contributed by atoms with van der Waals surface area (Å²) in [6.07, 6.45) is -0.212. The van der Waals surface area contributed by atoms with Crippen molar-refractivity contribution in [1.82, 2.24) is 19.9 Å². The molecule has 0 fully saturated rings. The molecule has 13 heteroatoms. The number of para-hydroxylation sites is 1. The lowest BCUT2D eigenvalue weighted by Gasteiger charge is -2.25. The molecule has 0 saturated heterocycles. The molecule has 0 spiro atoms. The van der Waals surface area contributed by atoms with Crippen LogP contribution in [0.3, 0.4) is 0 Å². The van der Waals surface area contributed by atoms with Gasteiger partial charge in [0.15, 0.2) is 17.0 Å². The van der Waals surface area contributed by atoms with Crippen molar-refractivity contribution in [2.75, 3.05) is 12.4 Å². The third-order valence-electron chi connectivity index (χ3n) is 7.35. The Bertz CT molecular complexity index is 1810. The standard InChI is InChI=1S/C33H37N5O8/c1-33(2,3)46-32(43)21(18-22(39)30-35-20-12-8-13-23(44-4)28(20)45-30)34-29(41)26-27(31(42)38-17-9-14-24(38)36-26)37-25(40)16-15-19-10-6-5-7-11-19/h5-8,10-13,21-22,39H,9,14-18H2,1-4H3,(H,34,41)(H,37,40). The average molecular weight is 632 g/mol. The number of ether oxygens (including phenoxy) is 2. The van der Waals surface area contributed by atoms with E-state index in [9.17, 15) is 24.3 Å². The van der Waals surface area contributed by atoms with E-state index in [-0.39, 0.29) is 30.1 Å². The van der Waals surface area contributed by atoms with Crippen LogP contribution in [-0.4, -0.2) is 56.2 Å². The summed E-state index contributed by atoms with van der Waals surface area (Å²) in [5.74, 6) is -1.49. The molecule has 46 heavy (non-hydrogen) atoms. The number of rotatable bonds is 11. The van der Waals surface area contributed by atoms with Gasteiger partial charge in [0, 0.05) is 25.8 Å². The first-order chi connectivity index (χ1) is 21.9. The molecule has 1 aliphatic rings. The van der Waals surface area contributed by atoms with Crippen LogP contribution in [0.2, 0.25) is 0 Å². The molecule has 0 aliphatic carbocycles. The maximum absolute atomic E-state index is 13.8. The number of methoxy groups -OCH3 is 1. The Morgan fingerprint density at radius 1 is 1.09 bits per heavy atom. The largest absolute Gasteiger partial charge is 0.493 e. The predicted molar refractivity (Wildman–Crippen MR) is 167 cm³/mol. The fourth-order valence-corrected chi connectivity index (χ4v) is 5.18. The molecule has 2 amide bonds. The minimum atomic E-state index is -1.44. The van der Waals surface area contributed by atoms with Crippen LogP contribution in [0.15, 0.2) is 57.7 Å². The van der Waals surface area contributed by atoms with Crippen LogP contribution in [0.1, 0.15) is 73.9 Å². The maximum atomic E-state index is 13.8. The Kier molecular flexibility index (Phi) is 9.52. The molecule has 2 unspecified atom stereocenters. The van der Waals surface area contributed by atoms with E-state index < -0.39 is 41.1 Å². The van der Waals surface area contributed by atoms with E-state index in [1.165, 1.54) is 11.7 Å². The van der Waals surface area contributed by atoms with Gasteiger partial charge in [-0.3, -0.25) is 19.0 Å². The first-order valence-corrected chi connectivity index (χ1v) is 15.1. The van der Waals surface area contributed by atoms with Crippen molar-refractivity contribution in [2.45, 2.75) is 77.2 Å². The normalized spacial score (nSPS) is 13.9. The molecular formula is C33H37N5O8. The van der Waals surface area contributed by atoms with Gasteiger partial charge in [0.25, 0.3) is 11.5 Å². The smallest absolute Gasteiger partial charge is 0.329 e. The highest BCUT2D eigenvalue weighted by Gasteiger charge is 2.33. The molecule has 0 radical (unpaired) electrons. The number of aromatic nitrogens is 3. The number of oxazole rings is 1. The van der Waals surface area contributed by atoms with Crippen molar-refractivity contribution in [2.24, 2.45) is 0 Å². The Morgan fingerprint density at radius 2 is 1.85 bits per heavy atom. The molecule has 3 N–H and O–H groups in total. The molecule has 0 saturated carbocycles. The van der Waals surface area contributed by atoms with Gasteiger partial charge in [-0.05, 0) is 51.3 Å². The SMILES string of the molecule is COc1cccc2nc(C(O)CC(NC(=O)c3nc4n(c(=O)c3NC(=O)CCc3ccccc3)CCC4)C(=O)OC(C)(C)C)oc12. The van der Waals surface area contributed by atoms with Gasteiger partial charge in [-0.2, -0.15) is 0 Å². The predicted octanol–water partition coefficient (Wildman–Crippen LogP) is 3.47. The van der Waals surface area contributed by atoms with Crippen LogP contribution < -0.4 is 20.9 Å². The summed E-state index contributed by atoms with van der Waals surface area (Å²) in [7, 11) is 1.47. The Hall–Kier alpha value is -5.04. The van der Waals surface area contributed by atoms with Gasteiger partial charge in [-0.1, -0.05) is 36.4 Å². The highest BCUT2D eigenvalue weighted by atomic mass is 16.6. The molecule has 13 nitrogen and oxygen atoms in total. The number of anilines is 1. The number of hydrogen-bond acceptors (Lipinski definition) is 10. The fourth-order valence-electron chi connectivity index (χ4n) is 5.18. The molecule has 5 rings (SSSR count). The van der Waals surface area contributed by atoms with E-state index in [0.717, 1.165) is 5.56 Å². The minimum Gasteiger partial charge on any atom is -0.493 e. The molecule has 2 atom stereocenters. The zero-order valence-corrected chi connectivity index (χ0v) is 26.2. The Labute approximate surface area is 264 Å². The van der Waals surface area contributed by atoms with Crippen molar-refractivity contribution in [3.05, 3.63) is 81.9 Å². The van der Waals surface area contributed by atoms with Crippen molar-refractivity contribution in [3.8, 4) is 5.75 Å².